The van der Waals surface area contributed by atoms with E-state index in [1.807, 2.05) is 6.07 Å². The number of halogens is 1. The van der Waals surface area contributed by atoms with Gasteiger partial charge in [-0.2, -0.15) is 5.26 Å². The number of aromatic nitrogens is 3. The molecule has 0 bridgehead atoms. The van der Waals surface area contributed by atoms with Crippen molar-refractivity contribution < 1.29 is 13.2 Å². The maximum Gasteiger partial charge on any atom is 0.263 e. The van der Waals surface area contributed by atoms with Crippen molar-refractivity contribution in [3.05, 3.63) is 77.3 Å². The summed E-state index contributed by atoms with van der Waals surface area (Å²) in [5, 5.41) is 11.9. The first kappa shape index (κ1) is 20.7. The fourth-order valence-electron chi connectivity index (χ4n) is 2.67. The van der Waals surface area contributed by atoms with E-state index in [1.165, 1.54) is 30.7 Å². The average Bonchev–Trinajstić information content (AvgIpc) is 3.28. The number of ether oxygens (including phenoxy) is 1. The van der Waals surface area contributed by atoms with Crippen LogP contribution in [0.2, 0.25) is 5.02 Å². The number of benzene rings is 2. The van der Waals surface area contributed by atoms with Gasteiger partial charge >= 0.3 is 0 Å². The molecule has 4 rings (SSSR count). The summed E-state index contributed by atoms with van der Waals surface area (Å²) in [7, 11) is -3.90. The molecule has 0 aliphatic carbocycles. The highest BCUT2D eigenvalue weighted by Crippen LogP contribution is 2.36. The van der Waals surface area contributed by atoms with E-state index in [4.69, 9.17) is 16.3 Å². The minimum Gasteiger partial charge on any atom is -0.455 e. The lowest BCUT2D eigenvalue weighted by molar-refractivity contribution is 0.482. The quantitative estimate of drug-likeness (QED) is 0.434. The predicted octanol–water partition coefficient (Wildman–Crippen LogP) is 4.72. The lowest BCUT2D eigenvalue weighted by Gasteiger charge is -2.13. The third kappa shape index (κ3) is 4.64. The molecule has 154 valence electrons. The topological polar surface area (TPSA) is 118 Å². The lowest BCUT2D eigenvalue weighted by Crippen LogP contribution is -2.13. The molecule has 2 aromatic heterocycles. The fraction of sp³-hybridized carbons (Fsp3) is 0. The van der Waals surface area contributed by atoms with Crippen molar-refractivity contribution in [1.29, 1.82) is 5.26 Å². The Morgan fingerprint density at radius 2 is 1.87 bits per heavy atom. The van der Waals surface area contributed by atoms with Gasteiger partial charge in [-0.15, -0.1) is 11.3 Å². The molecular formula is C20H12ClN5O3S2. The second-order valence-corrected chi connectivity index (χ2v) is 9.10. The Morgan fingerprint density at radius 3 is 2.58 bits per heavy atom. The molecule has 8 nitrogen and oxygen atoms in total. The molecule has 2 aromatic carbocycles. The number of hydrogen-bond acceptors (Lipinski definition) is 8. The SMILES string of the molecule is N#Cc1cc(S(=O)(=O)Nc2nccs2)ccc1Oc1ccc(Cl)cc1-c1cncnc1. The summed E-state index contributed by atoms with van der Waals surface area (Å²) in [5.74, 6) is 0.600. The molecule has 0 fully saturated rings. The van der Waals surface area contributed by atoms with Gasteiger partial charge in [0.1, 0.15) is 23.9 Å². The van der Waals surface area contributed by atoms with Crippen LogP contribution >= 0.6 is 22.9 Å². The van der Waals surface area contributed by atoms with Crippen LogP contribution < -0.4 is 9.46 Å². The van der Waals surface area contributed by atoms with E-state index >= 15 is 0 Å². The molecular weight excluding hydrogens is 458 g/mol. The van der Waals surface area contributed by atoms with Gasteiger partial charge in [-0.05, 0) is 36.4 Å². The van der Waals surface area contributed by atoms with Crippen LogP contribution in [0, 0.1) is 11.3 Å². The largest absolute Gasteiger partial charge is 0.455 e. The number of hydrogen-bond donors (Lipinski definition) is 1. The minimum atomic E-state index is -3.90. The lowest BCUT2D eigenvalue weighted by atomic mass is 10.1. The zero-order chi connectivity index (χ0) is 21.8. The molecule has 0 aliphatic rings. The van der Waals surface area contributed by atoms with Crippen molar-refractivity contribution in [2.75, 3.05) is 4.72 Å². The van der Waals surface area contributed by atoms with E-state index in [0.29, 0.717) is 21.9 Å². The van der Waals surface area contributed by atoms with Crippen LogP contribution in [0.3, 0.4) is 0 Å². The molecule has 0 aliphatic heterocycles. The van der Waals surface area contributed by atoms with Gasteiger partial charge < -0.3 is 4.74 Å². The minimum absolute atomic E-state index is 0.0484. The Kier molecular flexibility index (Phi) is 5.81. The maximum atomic E-state index is 12.6. The van der Waals surface area contributed by atoms with Gasteiger partial charge in [0.25, 0.3) is 10.0 Å². The summed E-state index contributed by atoms with van der Waals surface area (Å²) in [6.07, 6.45) is 6.11. The number of nitrogens with zero attached hydrogens (tertiary/aromatic N) is 4. The summed E-state index contributed by atoms with van der Waals surface area (Å²) in [4.78, 5) is 11.8. The Bertz CT molecular complexity index is 1370. The van der Waals surface area contributed by atoms with E-state index in [9.17, 15) is 13.7 Å². The van der Waals surface area contributed by atoms with Gasteiger partial charge in [0.05, 0.1) is 10.5 Å². The first-order valence-corrected chi connectivity index (χ1v) is 11.4. The van der Waals surface area contributed by atoms with Crippen molar-refractivity contribution in [3.8, 4) is 28.7 Å². The van der Waals surface area contributed by atoms with E-state index < -0.39 is 10.0 Å². The number of nitrogens with one attached hydrogen (secondary N) is 1. The molecule has 31 heavy (non-hydrogen) atoms. The van der Waals surface area contributed by atoms with E-state index in [0.717, 1.165) is 11.3 Å². The summed E-state index contributed by atoms with van der Waals surface area (Å²) < 4.78 is 33.5. The molecule has 2 heterocycles. The van der Waals surface area contributed by atoms with Crippen LogP contribution in [-0.2, 0) is 10.0 Å². The second kappa shape index (κ2) is 8.69. The summed E-state index contributed by atoms with van der Waals surface area (Å²) in [5.41, 5.74) is 1.34. The van der Waals surface area contributed by atoms with Crippen LogP contribution in [0.1, 0.15) is 5.56 Å². The second-order valence-electron chi connectivity index (χ2n) is 6.08. The molecule has 0 spiro atoms. The van der Waals surface area contributed by atoms with Crippen LogP contribution in [0.25, 0.3) is 11.1 Å². The Balaban J connectivity index is 1.69. The molecule has 0 unspecified atom stereocenters. The summed E-state index contributed by atoms with van der Waals surface area (Å²) in [6, 6.07) is 11.0. The number of nitriles is 1. The highest BCUT2D eigenvalue weighted by molar-refractivity contribution is 7.93. The summed E-state index contributed by atoms with van der Waals surface area (Å²) in [6.45, 7) is 0. The van der Waals surface area contributed by atoms with Gasteiger partial charge in [0.2, 0.25) is 0 Å². The van der Waals surface area contributed by atoms with Crippen molar-refractivity contribution >= 4 is 38.1 Å². The number of anilines is 1. The van der Waals surface area contributed by atoms with Crippen LogP contribution in [0.5, 0.6) is 11.5 Å². The van der Waals surface area contributed by atoms with Gasteiger partial charge in [0.15, 0.2) is 5.13 Å². The fourth-order valence-corrected chi connectivity index (χ4v) is 4.66. The van der Waals surface area contributed by atoms with Gasteiger partial charge in [0, 0.05) is 40.1 Å². The van der Waals surface area contributed by atoms with Crippen molar-refractivity contribution in [2.45, 2.75) is 4.90 Å². The number of thiazole rings is 1. The smallest absolute Gasteiger partial charge is 0.263 e. The molecule has 0 radical (unpaired) electrons. The third-order valence-electron chi connectivity index (χ3n) is 4.07. The van der Waals surface area contributed by atoms with Gasteiger partial charge in [-0.25, -0.2) is 23.4 Å². The first-order valence-electron chi connectivity index (χ1n) is 8.65. The van der Waals surface area contributed by atoms with Crippen molar-refractivity contribution in [3.63, 3.8) is 0 Å². The van der Waals surface area contributed by atoms with Crippen LogP contribution in [-0.4, -0.2) is 23.4 Å². The maximum absolute atomic E-state index is 12.6. The molecule has 11 heteroatoms. The molecule has 1 N–H and O–H groups in total. The first-order chi connectivity index (χ1) is 15.0. The molecule has 0 amide bonds. The predicted molar refractivity (Wildman–Crippen MR) is 117 cm³/mol. The number of sulfonamides is 1. The highest BCUT2D eigenvalue weighted by Gasteiger charge is 2.19. The third-order valence-corrected chi connectivity index (χ3v) is 6.46. The normalized spacial score (nSPS) is 11.0. The van der Waals surface area contributed by atoms with Gasteiger partial charge in [-0.1, -0.05) is 11.6 Å². The molecule has 0 saturated carbocycles. The van der Waals surface area contributed by atoms with E-state index in [1.54, 1.807) is 36.0 Å². The Hall–Kier alpha value is -3.52. The Morgan fingerprint density at radius 1 is 1.10 bits per heavy atom. The highest BCUT2D eigenvalue weighted by atomic mass is 35.5. The monoisotopic (exact) mass is 469 g/mol. The zero-order valence-electron chi connectivity index (χ0n) is 15.6. The van der Waals surface area contributed by atoms with Crippen molar-refractivity contribution in [1.82, 2.24) is 15.0 Å². The zero-order valence-corrected chi connectivity index (χ0v) is 17.9. The van der Waals surface area contributed by atoms with Gasteiger partial charge in [-0.3, -0.25) is 4.72 Å². The van der Waals surface area contributed by atoms with E-state index in [-0.39, 0.29) is 21.3 Å². The molecule has 4 aromatic rings. The van der Waals surface area contributed by atoms with Crippen molar-refractivity contribution in [2.24, 2.45) is 0 Å². The van der Waals surface area contributed by atoms with E-state index in [2.05, 4.69) is 19.7 Å². The summed E-state index contributed by atoms with van der Waals surface area (Å²) >= 11 is 7.28. The number of rotatable bonds is 6. The molecule has 0 atom stereocenters. The standard InChI is InChI=1S/C20H12ClN5O3S2/c21-15-1-3-19(17(8-15)14-10-23-12-24-11-14)29-18-4-2-16(7-13(18)9-22)31(27,28)26-20-25-5-6-30-20/h1-8,10-12H,(H,25,26). The van der Waals surface area contributed by atoms with Crippen LogP contribution in [0.15, 0.2) is 71.6 Å². The Labute approximate surface area is 186 Å². The average molecular weight is 470 g/mol. The van der Waals surface area contributed by atoms with Crippen LogP contribution in [0.4, 0.5) is 5.13 Å². The molecule has 0 saturated heterocycles.